The molecule has 1 aliphatic heterocycles. The predicted molar refractivity (Wildman–Crippen MR) is 119 cm³/mol. The van der Waals surface area contributed by atoms with Gasteiger partial charge in [-0.15, -0.1) is 11.8 Å². The fourth-order valence-electron chi connectivity index (χ4n) is 3.88. The molecule has 7 nitrogen and oxygen atoms in total. The number of benzene rings is 1. The first-order valence-corrected chi connectivity index (χ1v) is 12.2. The van der Waals surface area contributed by atoms with Gasteiger partial charge in [0.15, 0.2) is 6.61 Å². The normalized spacial score (nSPS) is 18.0. The van der Waals surface area contributed by atoms with Gasteiger partial charge in [-0.25, -0.2) is 4.79 Å². The molecular weight excluding hydrogens is 416 g/mol. The average molecular weight is 449 g/mol. The van der Waals surface area contributed by atoms with Crippen LogP contribution in [0.2, 0.25) is 0 Å². The molecule has 1 aromatic carbocycles. The maximum Gasteiger partial charge on any atom is 0.339 e. The molecule has 0 spiro atoms. The quantitative estimate of drug-likeness (QED) is 0.510. The number of thioether (sulfide) groups is 1. The molecule has 0 radical (unpaired) electrons. The monoisotopic (exact) mass is 448 g/mol. The van der Waals surface area contributed by atoms with Crippen LogP contribution in [0.25, 0.3) is 0 Å². The van der Waals surface area contributed by atoms with Crippen molar-refractivity contribution in [3.63, 3.8) is 0 Å². The van der Waals surface area contributed by atoms with E-state index >= 15 is 0 Å². The summed E-state index contributed by atoms with van der Waals surface area (Å²) in [7, 11) is 0. The third-order valence-corrected chi connectivity index (χ3v) is 6.70. The predicted octanol–water partition coefficient (Wildman–Crippen LogP) is 3.02. The number of carbonyl (C=O) groups is 3. The van der Waals surface area contributed by atoms with Crippen LogP contribution in [0.1, 0.15) is 55.3 Å². The third-order valence-electron chi connectivity index (χ3n) is 5.63. The second kappa shape index (κ2) is 12.7. The van der Waals surface area contributed by atoms with Crippen LogP contribution in [-0.4, -0.2) is 67.4 Å². The van der Waals surface area contributed by atoms with E-state index in [1.54, 1.807) is 23.1 Å². The van der Waals surface area contributed by atoms with Gasteiger partial charge < -0.3 is 19.7 Å². The highest BCUT2D eigenvalue weighted by Gasteiger charge is 2.21. The van der Waals surface area contributed by atoms with E-state index in [-0.39, 0.29) is 30.2 Å². The topological polar surface area (TPSA) is 84.9 Å². The summed E-state index contributed by atoms with van der Waals surface area (Å²) in [5.41, 5.74) is 0.376. The second-order valence-corrected chi connectivity index (χ2v) is 8.98. The fraction of sp³-hybridized carbons (Fsp3) is 0.609. The Balaban J connectivity index is 1.48. The molecule has 0 bridgehead atoms. The summed E-state index contributed by atoms with van der Waals surface area (Å²) in [5.74, 6) is -0.542. The van der Waals surface area contributed by atoms with Gasteiger partial charge in [0, 0.05) is 24.0 Å². The lowest BCUT2D eigenvalue weighted by atomic mass is 9.97. The van der Waals surface area contributed by atoms with Gasteiger partial charge in [-0.05, 0) is 25.0 Å². The van der Waals surface area contributed by atoms with Crippen molar-refractivity contribution in [1.29, 1.82) is 0 Å². The van der Waals surface area contributed by atoms with Crippen molar-refractivity contribution in [2.45, 2.75) is 55.9 Å². The summed E-state index contributed by atoms with van der Waals surface area (Å²) < 4.78 is 10.5. The Kier molecular flexibility index (Phi) is 9.68. The Hall–Kier alpha value is -2.06. The molecule has 2 amide bonds. The summed E-state index contributed by atoms with van der Waals surface area (Å²) in [6, 6.07) is 7.29. The molecule has 1 N–H and O–H groups in total. The molecule has 1 saturated heterocycles. The minimum atomic E-state index is -0.551. The molecule has 1 aliphatic carbocycles. The molecule has 0 aromatic heterocycles. The van der Waals surface area contributed by atoms with E-state index in [0.29, 0.717) is 36.8 Å². The van der Waals surface area contributed by atoms with Crippen molar-refractivity contribution < 1.29 is 23.9 Å². The first kappa shape index (κ1) is 23.6. The Morgan fingerprint density at radius 1 is 1.03 bits per heavy atom. The van der Waals surface area contributed by atoms with E-state index in [1.807, 2.05) is 6.07 Å². The zero-order valence-corrected chi connectivity index (χ0v) is 18.8. The minimum absolute atomic E-state index is 0.0127. The molecular formula is C23H32N2O5S. The molecule has 1 aromatic rings. The number of morpholine rings is 1. The van der Waals surface area contributed by atoms with Gasteiger partial charge in [0.05, 0.1) is 24.5 Å². The number of nitrogens with one attached hydrogen (secondary N) is 1. The van der Waals surface area contributed by atoms with Crippen LogP contribution in [0.15, 0.2) is 29.2 Å². The zero-order valence-electron chi connectivity index (χ0n) is 18.0. The molecule has 8 heteroatoms. The van der Waals surface area contributed by atoms with Crippen molar-refractivity contribution >= 4 is 29.5 Å². The summed E-state index contributed by atoms with van der Waals surface area (Å²) in [6.45, 7) is 1.74. The highest BCUT2D eigenvalue weighted by atomic mass is 32.2. The lowest BCUT2D eigenvalue weighted by Crippen LogP contribution is -2.42. The SMILES string of the molecule is O=C(CSc1ccccc1C(=O)OCC(=O)N1CCOCC1)NC1CCCCCCC1. The number of hydrogen-bond acceptors (Lipinski definition) is 6. The number of ether oxygens (including phenoxy) is 2. The number of carbonyl (C=O) groups excluding carboxylic acids is 3. The van der Waals surface area contributed by atoms with Crippen LogP contribution < -0.4 is 5.32 Å². The lowest BCUT2D eigenvalue weighted by Gasteiger charge is -2.26. The molecule has 170 valence electrons. The van der Waals surface area contributed by atoms with Gasteiger partial charge in [0.1, 0.15) is 0 Å². The van der Waals surface area contributed by atoms with Crippen molar-refractivity contribution in [3.8, 4) is 0 Å². The van der Waals surface area contributed by atoms with Crippen LogP contribution in [0.4, 0.5) is 0 Å². The smallest absolute Gasteiger partial charge is 0.339 e. The van der Waals surface area contributed by atoms with Crippen LogP contribution >= 0.6 is 11.8 Å². The standard InChI is InChI=1S/C23H32N2O5S/c26-21(24-18-8-4-2-1-3-5-9-18)17-31-20-11-7-6-10-19(20)23(28)30-16-22(27)25-12-14-29-15-13-25/h6-7,10-11,18H,1-5,8-9,12-17H2,(H,24,26). The number of rotatable bonds is 7. The summed E-state index contributed by atoms with van der Waals surface area (Å²) in [4.78, 5) is 39.5. The molecule has 0 atom stereocenters. The number of nitrogens with zero attached hydrogens (tertiary/aromatic N) is 1. The number of esters is 1. The summed E-state index contributed by atoms with van der Waals surface area (Å²) in [5, 5.41) is 3.15. The lowest BCUT2D eigenvalue weighted by molar-refractivity contribution is -0.138. The molecule has 31 heavy (non-hydrogen) atoms. The van der Waals surface area contributed by atoms with E-state index in [1.165, 1.54) is 31.0 Å². The number of hydrogen-bond donors (Lipinski definition) is 1. The van der Waals surface area contributed by atoms with Crippen LogP contribution in [0.3, 0.4) is 0 Å². The fourth-order valence-corrected chi connectivity index (χ4v) is 4.73. The van der Waals surface area contributed by atoms with Gasteiger partial charge in [-0.1, -0.05) is 44.2 Å². The maximum absolute atomic E-state index is 12.6. The van der Waals surface area contributed by atoms with Crippen molar-refractivity contribution in [1.82, 2.24) is 10.2 Å². The largest absolute Gasteiger partial charge is 0.452 e. The van der Waals surface area contributed by atoms with E-state index in [2.05, 4.69) is 5.32 Å². The first-order chi connectivity index (χ1) is 15.1. The molecule has 2 aliphatic rings. The Morgan fingerprint density at radius 3 is 2.45 bits per heavy atom. The van der Waals surface area contributed by atoms with Gasteiger partial charge in [0.2, 0.25) is 5.91 Å². The Bertz CT molecular complexity index is 743. The van der Waals surface area contributed by atoms with Crippen molar-refractivity contribution in [3.05, 3.63) is 29.8 Å². The Morgan fingerprint density at radius 2 is 1.71 bits per heavy atom. The van der Waals surface area contributed by atoms with Crippen LogP contribution in [0, 0.1) is 0 Å². The first-order valence-electron chi connectivity index (χ1n) is 11.2. The zero-order chi connectivity index (χ0) is 21.9. The third kappa shape index (κ3) is 7.85. The average Bonchev–Trinajstić information content (AvgIpc) is 2.78. The van der Waals surface area contributed by atoms with E-state index in [4.69, 9.17) is 9.47 Å². The summed E-state index contributed by atoms with van der Waals surface area (Å²) in [6.07, 6.45) is 8.18. The van der Waals surface area contributed by atoms with Gasteiger partial charge >= 0.3 is 5.97 Å². The molecule has 1 heterocycles. The highest BCUT2D eigenvalue weighted by molar-refractivity contribution is 8.00. The molecule has 1 saturated carbocycles. The van der Waals surface area contributed by atoms with Crippen molar-refractivity contribution in [2.75, 3.05) is 38.7 Å². The maximum atomic E-state index is 12.6. The van der Waals surface area contributed by atoms with Crippen LogP contribution in [-0.2, 0) is 19.1 Å². The van der Waals surface area contributed by atoms with E-state index in [0.717, 1.165) is 25.7 Å². The molecule has 0 unspecified atom stereocenters. The number of amides is 2. The van der Waals surface area contributed by atoms with Crippen molar-refractivity contribution in [2.24, 2.45) is 0 Å². The van der Waals surface area contributed by atoms with Gasteiger partial charge in [-0.2, -0.15) is 0 Å². The van der Waals surface area contributed by atoms with Crippen LogP contribution in [0.5, 0.6) is 0 Å². The van der Waals surface area contributed by atoms with Gasteiger partial charge in [-0.3, -0.25) is 9.59 Å². The van der Waals surface area contributed by atoms with E-state index < -0.39 is 5.97 Å². The van der Waals surface area contributed by atoms with E-state index in [9.17, 15) is 14.4 Å². The molecule has 3 rings (SSSR count). The summed E-state index contributed by atoms with van der Waals surface area (Å²) >= 11 is 1.32. The molecule has 2 fully saturated rings. The van der Waals surface area contributed by atoms with Gasteiger partial charge in [0.25, 0.3) is 5.91 Å². The highest BCUT2D eigenvalue weighted by Crippen LogP contribution is 2.24. The minimum Gasteiger partial charge on any atom is -0.452 e. The second-order valence-electron chi connectivity index (χ2n) is 7.96. The Labute approximate surface area is 188 Å².